The topological polar surface area (TPSA) is 66.0 Å². The van der Waals surface area contributed by atoms with Gasteiger partial charge in [0.15, 0.2) is 11.5 Å². The SMILES string of the molecule is COc1cc(C(=O)Nc2ccc3c(c2)OC2(CCCC2)O3)cc(OC)c1Br. The summed E-state index contributed by atoms with van der Waals surface area (Å²) in [5.74, 6) is 1.65. The van der Waals surface area contributed by atoms with Gasteiger partial charge >= 0.3 is 0 Å². The first kappa shape index (κ1) is 18.0. The molecule has 7 heteroatoms. The number of amides is 1. The van der Waals surface area contributed by atoms with Crippen LogP contribution in [-0.4, -0.2) is 25.9 Å². The first-order chi connectivity index (χ1) is 13.0. The van der Waals surface area contributed by atoms with Crippen LogP contribution in [0.3, 0.4) is 0 Å². The number of rotatable bonds is 4. The van der Waals surface area contributed by atoms with Crippen LogP contribution < -0.4 is 24.3 Å². The highest BCUT2D eigenvalue weighted by atomic mass is 79.9. The number of hydrogen-bond acceptors (Lipinski definition) is 5. The quantitative estimate of drug-likeness (QED) is 0.752. The van der Waals surface area contributed by atoms with E-state index in [1.807, 2.05) is 6.07 Å². The molecule has 6 nitrogen and oxygen atoms in total. The molecule has 0 radical (unpaired) electrons. The van der Waals surface area contributed by atoms with E-state index >= 15 is 0 Å². The zero-order valence-corrected chi connectivity index (χ0v) is 16.7. The van der Waals surface area contributed by atoms with Gasteiger partial charge in [0.05, 0.1) is 14.2 Å². The zero-order chi connectivity index (χ0) is 19.0. The van der Waals surface area contributed by atoms with Gasteiger partial charge in [-0.3, -0.25) is 4.79 Å². The van der Waals surface area contributed by atoms with Crippen molar-refractivity contribution in [3.8, 4) is 23.0 Å². The number of halogens is 1. The Kier molecular flexibility index (Phi) is 4.63. The molecule has 142 valence electrons. The van der Waals surface area contributed by atoms with Crippen molar-refractivity contribution in [1.29, 1.82) is 0 Å². The second-order valence-electron chi connectivity index (χ2n) is 6.63. The van der Waals surface area contributed by atoms with Crippen molar-refractivity contribution in [2.45, 2.75) is 31.5 Å². The molecule has 1 amide bonds. The molecule has 1 saturated carbocycles. The number of nitrogens with one attached hydrogen (secondary N) is 1. The summed E-state index contributed by atoms with van der Waals surface area (Å²) in [4.78, 5) is 12.7. The zero-order valence-electron chi connectivity index (χ0n) is 15.1. The fourth-order valence-electron chi connectivity index (χ4n) is 3.49. The summed E-state index contributed by atoms with van der Waals surface area (Å²) in [6.45, 7) is 0. The largest absolute Gasteiger partial charge is 0.495 e. The molecule has 1 aliphatic carbocycles. The number of fused-ring (bicyclic) bond motifs is 1. The molecule has 0 aromatic heterocycles. The van der Waals surface area contributed by atoms with Crippen molar-refractivity contribution in [1.82, 2.24) is 0 Å². The number of methoxy groups -OCH3 is 2. The van der Waals surface area contributed by atoms with Crippen molar-refractivity contribution in [2.24, 2.45) is 0 Å². The second-order valence-corrected chi connectivity index (χ2v) is 7.43. The maximum Gasteiger partial charge on any atom is 0.255 e. The standard InChI is InChI=1S/C20H20BrNO5/c1-24-16-9-12(10-17(25-2)18(16)21)19(23)22-13-5-6-14-15(11-13)27-20(26-14)7-3-4-8-20/h5-6,9-11H,3-4,7-8H2,1-2H3,(H,22,23). The minimum atomic E-state index is -0.516. The first-order valence-electron chi connectivity index (χ1n) is 8.78. The van der Waals surface area contributed by atoms with Crippen LogP contribution in [-0.2, 0) is 0 Å². The summed E-state index contributed by atoms with van der Waals surface area (Å²) in [7, 11) is 3.08. The molecule has 4 rings (SSSR count). The molecule has 1 N–H and O–H groups in total. The number of anilines is 1. The lowest BCUT2D eigenvalue weighted by molar-refractivity contribution is -0.0716. The summed E-state index contributed by atoms with van der Waals surface area (Å²) in [5, 5.41) is 2.89. The average Bonchev–Trinajstić information content (AvgIpc) is 3.27. The van der Waals surface area contributed by atoms with Gasteiger partial charge in [0, 0.05) is 30.2 Å². The van der Waals surface area contributed by atoms with Crippen molar-refractivity contribution >= 4 is 27.5 Å². The van der Waals surface area contributed by atoms with Gasteiger partial charge in [-0.05, 0) is 53.0 Å². The highest BCUT2D eigenvalue weighted by molar-refractivity contribution is 9.10. The van der Waals surface area contributed by atoms with Crippen LogP contribution in [0.2, 0.25) is 0 Å². The smallest absolute Gasteiger partial charge is 0.255 e. The van der Waals surface area contributed by atoms with E-state index in [4.69, 9.17) is 18.9 Å². The highest BCUT2D eigenvalue weighted by Gasteiger charge is 2.44. The van der Waals surface area contributed by atoms with E-state index in [1.165, 1.54) is 14.2 Å². The highest BCUT2D eigenvalue weighted by Crippen LogP contribution is 2.47. The molecular formula is C20H20BrNO5. The Labute approximate surface area is 165 Å². The van der Waals surface area contributed by atoms with E-state index in [0.717, 1.165) is 31.4 Å². The summed E-state index contributed by atoms with van der Waals surface area (Å²) in [6.07, 6.45) is 3.99. The average molecular weight is 434 g/mol. The van der Waals surface area contributed by atoms with E-state index in [0.29, 0.717) is 33.0 Å². The number of carbonyl (C=O) groups excluding carboxylic acids is 1. The molecule has 2 aliphatic rings. The monoisotopic (exact) mass is 433 g/mol. The third kappa shape index (κ3) is 3.32. The van der Waals surface area contributed by atoms with Crippen LogP contribution in [0.1, 0.15) is 36.0 Å². The van der Waals surface area contributed by atoms with E-state index in [-0.39, 0.29) is 5.91 Å². The van der Waals surface area contributed by atoms with E-state index in [1.54, 1.807) is 24.3 Å². The predicted molar refractivity (Wildman–Crippen MR) is 104 cm³/mol. The minimum Gasteiger partial charge on any atom is -0.495 e. The van der Waals surface area contributed by atoms with Crippen molar-refractivity contribution < 1.29 is 23.7 Å². The lowest BCUT2D eigenvalue weighted by Gasteiger charge is -2.21. The molecule has 0 saturated heterocycles. The fourth-order valence-corrected chi connectivity index (χ4v) is 4.05. The summed E-state index contributed by atoms with van der Waals surface area (Å²) in [6, 6.07) is 8.75. The molecular weight excluding hydrogens is 414 g/mol. The van der Waals surface area contributed by atoms with Crippen LogP contribution in [0.5, 0.6) is 23.0 Å². The molecule has 1 fully saturated rings. The molecule has 1 aliphatic heterocycles. The molecule has 27 heavy (non-hydrogen) atoms. The van der Waals surface area contributed by atoms with E-state index < -0.39 is 5.79 Å². The van der Waals surface area contributed by atoms with Gasteiger partial charge in [0.1, 0.15) is 16.0 Å². The second kappa shape index (κ2) is 6.96. The van der Waals surface area contributed by atoms with Crippen LogP contribution >= 0.6 is 15.9 Å². The summed E-state index contributed by atoms with van der Waals surface area (Å²) >= 11 is 3.40. The maximum atomic E-state index is 12.7. The van der Waals surface area contributed by atoms with E-state index in [9.17, 15) is 4.79 Å². The van der Waals surface area contributed by atoms with E-state index in [2.05, 4.69) is 21.2 Å². The molecule has 2 aromatic carbocycles. The number of carbonyl (C=O) groups is 1. The molecule has 1 heterocycles. The first-order valence-corrected chi connectivity index (χ1v) is 9.58. The third-order valence-electron chi connectivity index (χ3n) is 4.87. The predicted octanol–water partition coefficient (Wildman–Crippen LogP) is 4.76. The van der Waals surface area contributed by atoms with Crippen LogP contribution in [0.25, 0.3) is 0 Å². The van der Waals surface area contributed by atoms with Crippen LogP contribution in [0.4, 0.5) is 5.69 Å². The lowest BCUT2D eigenvalue weighted by atomic mass is 10.1. The molecule has 0 bridgehead atoms. The van der Waals surface area contributed by atoms with Crippen molar-refractivity contribution in [2.75, 3.05) is 19.5 Å². The lowest BCUT2D eigenvalue weighted by Crippen LogP contribution is -2.34. The summed E-state index contributed by atoms with van der Waals surface area (Å²) < 4.78 is 23.3. The Morgan fingerprint density at radius 1 is 1.04 bits per heavy atom. The molecule has 1 spiro atoms. The number of benzene rings is 2. The minimum absolute atomic E-state index is 0.270. The van der Waals surface area contributed by atoms with Gasteiger partial charge in [-0.2, -0.15) is 0 Å². The van der Waals surface area contributed by atoms with Crippen molar-refractivity contribution in [3.63, 3.8) is 0 Å². The van der Waals surface area contributed by atoms with Gasteiger partial charge in [0.25, 0.3) is 11.7 Å². The Bertz CT molecular complexity index is 867. The summed E-state index contributed by atoms with van der Waals surface area (Å²) in [5.41, 5.74) is 1.06. The van der Waals surface area contributed by atoms with Crippen LogP contribution in [0.15, 0.2) is 34.8 Å². The Hall–Kier alpha value is -2.41. The normalized spacial score (nSPS) is 16.4. The number of ether oxygens (including phenoxy) is 4. The molecule has 2 aromatic rings. The van der Waals surface area contributed by atoms with Gasteiger partial charge in [-0.1, -0.05) is 0 Å². The Balaban J connectivity index is 1.55. The Morgan fingerprint density at radius 2 is 1.67 bits per heavy atom. The van der Waals surface area contributed by atoms with Gasteiger partial charge in [-0.25, -0.2) is 0 Å². The molecule has 0 atom stereocenters. The van der Waals surface area contributed by atoms with Crippen molar-refractivity contribution in [3.05, 3.63) is 40.4 Å². The molecule has 0 unspecified atom stereocenters. The third-order valence-corrected chi connectivity index (χ3v) is 5.65. The maximum absolute atomic E-state index is 12.7. The van der Waals surface area contributed by atoms with Gasteiger partial charge in [0.2, 0.25) is 0 Å². The van der Waals surface area contributed by atoms with Gasteiger partial charge in [-0.15, -0.1) is 0 Å². The van der Waals surface area contributed by atoms with Gasteiger partial charge < -0.3 is 24.3 Å². The Morgan fingerprint density at radius 3 is 2.30 bits per heavy atom. The number of hydrogen-bond donors (Lipinski definition) is 1. The fraction of sp³-hybridized carbons (Fsp3) is 0.350. The van der Waals surface area contributed by atoms with Crippen LogP contribution in [0, 0.1) is 0 Å².